The van der Waals surface area contributed by atoms with Gasteiger partial charge in [0.2, 0.25) is 0 Å². The van der Waals surface area contributed by atoms with Crippen LogP contribution in [-0.2, 0) is 0 Å². The molecule has 0 saturated carbocycles. The van der Waals surface area contributed by atoms with Crippen molar-refractivity contribution in [3.8, 4) is 16.9 Å². The first kappa shape index (κ1) is 10.1. The van der Waals surface area contributed by atoms with Gasteiger partial charge in [-0.3, -0.25) is 0 Å². The Kier molecular flexibility index (Phi) is 2.65. The number of phenols is 1. The second kappa shape index (κ2) is 3.95. The SMILES string of the molecule is Cc1c(Cl)cccc1-c1ccc(O)cc1. The molecular weight excluding hydrogens is 208 g/mol. The van der Waals surface area contributed by atoms with Crippen LogP contribution in [0.2, 0.25) is 5.02 Å². The van der Waals surface area contributed by atoms with Gasteiger partial charge >= 0.3 is 0 Å². The van der Waals surface area contributed by atoms with Crippen molar-refractivity contribution in [3.63, 3.8) is 0 Å². The van der Waals surface area contributed by atoms with Crippen LogP contribution in [0.3, 0.4) is 0 Å². The number of phenolic OH excluding ortho intramolecular Hbond substituents is 1. The van der Waals surface area contributed by atoms with Gasteiger partial charge in [-0.2, -0.15) is 0 Å². The molecule has 0 radical (unpaired) electrons. The summed E-state index contributed by atoms with van der Waals surface area (Å²) in [6.45, 7) is 1.99. The summed E-state index contributed by atoms with van der Waals surface area (Å²) >= 11 is 6.05. The second-order valence-electron chi connectivity index (χ2n) is 3.46. The van der Waals surface area contributed by atoms with Crippen LogP contribution in [0.15, 0.2) is 42.5 Å². The molecule has 2 rings (SSSR count). The number of benzene rings is 2. The van der Waals surface area contributed by atoms with Crippen LogP contribution in [0.5, 0.6) is 5.75 Å². The molecule has 1 nitrogen and oxygen atoms in total. The highest BCUT2D eigenvalue weighted by Gasteiger charge is 2.04. The highest BCUT2D eigenvalue weighted by atomic mass is 35.5. The summed E-state index contributed by atoms with van der Waals surface area (Å²) in [4.78, 5) is 0. The van der Waals surface area contributed by atoms with Crippen LogP contribution in [0, 0.1) is 6.92 Å². The van der Waals surface area contributed by atoms with Crippen LogP contribution < -0.4 is 0 Å². The fourth-order valence-electron chi connectivity index (χ4n) is 1.56. The summed E-state index contributed by atoms with van der Waals surface area (Å²) in [5.74, 6) is 0.276. The fourth-order valence-corrected chi connectivity index (χ4v) is 1.74. The van der Waals surface area contributed by atoms with Crippen molar-refractivity contribution in [2.45, 2.75) is 6.92 Å². The second-order valence-corrected chi connectivity index (χ2v) is 3.87. The molecule has 0 atom stereocenters. The largest absolute Gasteiger partial charge is 0.508 e. The van der Waals surface area contributed by atoms with Crippen molar-refractivity contribution in [1.82, 2.24) is 0 Å². The van der Waals surface area contributed by atoms with Crippen LogP contribution in [0.25, 0.3) is 11.1 Å². The third-order valence-corrected chi connectivity index (χ3v) is 2.86. The van der Waals surface area contributed by atoms with Crippen molar-refractivity contribution < 1.29 is 5.11 Å². The predicted molar refractivity (Wildman–Crippen MR) is 63.3 cm³/mol. The molecule has 0 aliphatic carbocycles. The van der Waals surface area contributed by atoms with E-state index in [-0.39, 0.29) is 5.75 Å². The summed E-state index contributed by atoms with van der Waals surface area (Å²) < 4.78 is 0. The van der Waals surface area contributed by atoms with Crippen molar-refractivity contribution in [3.05, 3.63) is 53.1 Å². The number of hydrogen-bond acceptors (Lipinski definition) is 1. The maximum absolute atomic E-state index is 9.20. The van der Waals surface area contributed by atoms with Gasteiger partial charge in [0.1, 0.15) is 5.75 Å². The smallest absolute Gasteiger partial charge is 0.115 e. The first-order chi connectivity index (χ1) is 7.18. The molecule has 2 aromatic rings. The molecule has 0 bridgehead atoms. The van der Waals surface area contributed by atoms with E-state index in [2.05, 4.69) is 0 Å². The van der Waals surface area contributed by atoms with Crippen molar-refractivity contribution in [2.24, 2.45) is 0 Å². The Hall–Kier alpha value is -1.47. The fraction of sp³-hybridized carbons (Fsp3) is 0.0769. The molecule has 1 N–H and O–H groups in total. The average Bonchev–Trinajstić information content (AvgIpc) is 2.24. The van der Waals surface area contributed by atoms with E-state index in [1.54, 1.807) is 12.1 Å². The zero-order valence-corrected chi connectivity index (χ0v) is 9.12. The molecule has 0 heterocycles. The van der Waals surface area contributed by atoms with Gasteiger partial charge in [-0.1, -0.05) is 35.9 Å². The molecule has 15 heavy (non-hydrogen) atoms. The van der Waals surface area contributed by atoms with E-state index in [0.717, 1.165) is 21.7 Å². The van der Waals surface area contributed by atoms with Gasteiger partial charge < -0.3 is 5.11 Å². The minimum Gasteiger partial charge on any atom is -0.508 e. The van der Waals surface area contributed by atoms with Crippen LogP contribution in [0.4, 0.5) is 0 Å². The van der Waals surface area contributed by atoms with E-state index in [1.165, 1.54) is 0 Å². The van der Waals surface area contributed by atoms with Crippen molar-refractivity contribution in [1.29, 1.82) is 0 Å². The standard InChI is InChI=1S/C13H11ClO/c1-9-12(3-2-4-13(9)14)10-5-7-11(15)8-6-10/h2-8,15H,1H3. The summed E-state index contributed by atoms with van der Waals surface area (Å²) in [6.07, 6.45) is 0. The molecular formula is C13H11ClO. The third kappa shape index (κ3) is 1.97. The Morgan fingerprint density at radius 2 is 1.67 bits per heavy atom. The summed E-state index contributed by atoms with van der Waals surface area (Å²) in [5, 5.41) is 9.97. The topological polar surface area (TPSA) is 20.2 Å². The van der Waals surface area contributed by atoms with E-state index in [0.29, 0.717) is 0 Å². The van der Waals surface area contributed by atoms with Gasteiger partial charge in [-0.15, -0.1) is 0 Å². The maximum Gasteiger partial charge on any atom is 0.115 e. The summed E-state index contributed by atoms with van der Waals surface area (Å²) in [5.41, 5.74) is 3.22. The highest BCUT2D eigenvalue weighted by molar-refractivity contribution is 6.31. The molecule has 0 fully saturated rings. The molecule has 0 spiro atoms. The molecule has 0 saturated heterocycles. The molecule has 76 valence electrons. The first-order valence-electron chi connectivity index (χ1n) is 4.73. The van der Waals surface area contributed by atoms with Crippen molar-refractivity contribution in [2.75, 3.05) is 0 Å². The molecule has 0 aliphatic heterocycles. The molecule has 0 aromatic heterocycles. The summed E-state index contributed by atoms with van der Waals surface area (Å²) in [7, 11) is 0. The Bertz CT molecular complexity index is 474. The zero-order valence-electron chi connectivity index (χ0n) is 8.37. The lowest BCUT2D eigenvalue weighted by Crippen LogP contribution is -1.83. The Labute approximate surface area is 94.0 Å². The Balaban J connectivity index is 2.54. The Morgan fingerprint density at radius 1 is 1.00 bits per heavy atom. The normalized spacial score (nSPS) is 10.3. The van der Waals surface area contributed by atoms with E-state index in [9.17, 15) is 5.11 Å². The summed E-state index contributed by atoms with van der Waals surface area (Å²) in [6, 6.07) is 12.9. The van der Waals surface area contributed by atoms with Gasteiger partial charge in [0, 0.05) is 5.02 Å². The number of aromatic hydroxyl groups is 1. The minimum atomic E-state index is 0.276. The highest BCUT2D eigenvalue weighted by Crippen LogP contribution is 2.29. The third-order valence-electron chi connectivity index (χ3n) is 2.45. The minimum absolute atomic E-state index is 0.276. The molecule has 0 aliphatic rings. The first-order valence-corrected chi connectivity index (χ1v) is 5.11. The van der Waals surface area contributed by atoms with Gasteiger partial charge in [0.25, 0.3) is 0 Å². The van der Waals surface area contributed by atoms with Gasteiger partial charge in [-0.25, -0.2) is 0 Å². The predicted octanol–water partition coefficient (Wildman–Crippen LogP) is 4.02. The average molecular weight is 219 g/mol. The van der Waals surface area contributed by atoms with Crippen LogP contribution in [0.1, 0.15) is 5.56 Å². The van der Waals surface area contributed by atoms with Crippen molar-refractivity contribution >= 4 is 11.6 Å². The zero-order chi connectivity index (χ0) is 10.8. The Morgan fingerprint density at radius 3 is 2.33 bits per heavy atom. The lowest BCUT2D eigenvalue weighted by Gasteiger charge is -2.07. The quantitative estimate of drug-likeness (QED) is 0.767. The van der Waals surface area contributed by atoms with Gasteiger partial charge in [-0.05, 0) is 41.8 Å². The monoisotopic (exact) mass is 218 g/mol. The van der Waals surface area contributed by atoms with E-state index in [4.69, 9.17) is 11.6 Å². The van der Waals surface area contributed by atoms with Gasteiger partial charge in [0.15, 0.2) is 0 Å². The molecule has 0 amide bonds. The van der Waals surface area contributed by atoms with E-state index >= 15 is 0 Å². The molecule has 0 unspecified atom stereocenters. The van der Waals surface area contributed by atoms with E-state index in [1.807, 2.05) is 37.3 Å². The number of halogens is 1. The molecule has 2 aromatic carbocycles. The van der Waals surface area contributed by atoms with E-state index < -0.39 is 0 Å². The number of rotatable bonds is 1. The molecule has 2 heteroatoms. The maximum atomic E-state index is 9.20. The van der Waals surface area contributed by atoms with Gasteiger partial charge in [0.05, 0.1) is 0 Å². The lowest BCUT2D eigenvalue weighted by molar-refractivity contribution is 0.475. The lowest BCUT2D eigenvalue weighted by atomic mass is 10.0. The number of hydrogen-bond donors (Lipinski definition) is 1. The van der Waals surface area contributed by atoms with Crippen LogP contribution in [-0.4, -0.2) is 5.11 Å². The van der Waals surface area contributed by atoms with Crippen LogP contribution >= 0.6 is 11.6 Å².